The zero-order valence-electron chi connectivity index (χ0n) is 27.6. The fourth-order valence-corrected chi connectivity index (χ4v) is 8.56. The Morgan fingerprint density at radius 3 is 1.55 bits per heavy atom. The van der Waals surface area contributed by atoms with E-state index in [4.69, 9.17) is 4.98 Å². The highest BCUT2D eigenvalue weighted by atomic mass is 32.1. The van der Waals surface area contributed by atoms with Gasteiger partial charge in [-0.05, 0) is 95.1 Å². The number of anilines is 3. The van der Waals surface area contributed by atoms with Gasteiger partial charge in [-0.1, -0.05) is 109 Å². The van der Waals surface area contributed by atoms with Gasteiger partial charge in [0.15, 0.2) is 0 Å². The second-order valence-electron chi connectivity index (χ2n) is 12.8. The van der Waals surface area contributed by atoms with Crippen molar-refractivity contribution in [1.82, 2.24) is 9.55 Å². The first-order valence-corrected chi connectivity index (χ1v) is 18.0. The third-order valence-corrected chi connectivity index (χ3v) is 11.0. The summed E-state index contributed by atoms with van der Waals surface area (Å²) in [5, 5.41) is 5.19. The predicted octanol–water partition coefficient (Wildman–Crippen LogP) is 13.4. The van der Waals surface area contributed by atoms with E-state index in [-0.39, 0.29) is 0 Å². The van der Waals surface area contributed by atoms with Gasteiger partial charge in [0.25, 0.3) is 0 Å². The Hall–Kier alpha value is -6.49. The normalized spacial score (nSPS) is 11.5. The lowest BCUT2D eigenvalue weighted by Crippen LogP contribution is -2.11. The molecule has 0 amide bonds. The van der Waals surface area contributed by atoms with E-state index in [2.05, 4.69) is 179 Å². The summed E-state index contributed by atoms with van der Waals surface area (Å²) in [6.07, 6.45) is 1.85. The molecular formula is C47H31N3S. The number of para-hydroxylation sites is 2. The lowest BCUT2D eigenvalue weighted by Gasteiger charge is -2.24. The number of fused-ring (bicyclic) bond motifs is 6. The minimum absolute atomic E-state index is 0.875. The van der Waals surface area contributed by atoms with Gasteiger partial charge in [0.2, 0.25) is 0 Å². The van der Waals surface area contributed by atoms with Crippen LogP contribution in [-0.2, 0) is 0 Å². The molecular weight excluding hydrogens is 639 g/mol. The van der Waals surface area contributed by atoms with Gasteiger partial charge in [0, 0.05) is 54.2 Å². The summed E-state index contributed by atoms with van der Waals surface area (Å²) in [6, 6.07) is 65.3. The number of hydrogen-bond donors (Lipinski definition) is 0. The number of thiophene rings is 1. The average Bonchev–Trinajstić information content (AvgIpc) is 3.75. The van der Waals surface area contributed by atoms with Gasteiger partial charge in [-0.25, -0.2) is 4.98 Å². The fraction of sp³-hybridized carbons (Fsp3) is 0. The maximum atomic E-state index is 4.75. The Labute approximate surface area is 299 Å². The molecule has 0 saturated carbocycles. The molecule has 0 unspecified atom stereocenters. The summed E-state index contributed by atoms with van der Waals surface area (Å²) < 4.78 is 5.00. The van der Waals surface area contributed by atoms with E-state index in [9.17, 15) is 0 Å². The van der Waals surface area contributed by atoms with E-state index in [1.54, 1.807) is 0 Å². The van der Waals surface area contributed by atoms with Crippen LogP contribution in [0.1, 0.15) is 0 Å². The molecule has 0 aliphatic heterocycles. The molecule has 3 heterocycles. The third kappa shape index (κ3) is 5.08. The Morgan fingerprint density at radius 2 is 0.922 bits per heavy atom. The molecule has 0 fully saturated rings. The quantitative estimate of drug-likeness (QED) is 0.176. The van der Waals surface area contributed by atoms with Gasteiger partial charge in [-0.15, -0.1) is 11.3 Å². The van der Waals surface area contributed by atoms with E-state index in [0.717, 1.165) is 22.9 Å². The van der Waals surface area contributed by atoms with E-state index >= 15 is 0 Å². The topological polar surface area (TPSA) is 21.1 Å². The van der Waals surface area contributed by atoms with Crippen LogP contribution >= 0.6 is 11.3 Å². The molecule has 10 rings (SSSR count). The van der Waals surface area contributed by atoms with E-state index in [1.165, 1.54) is 64.2 Å². The van der Waals surface area contributed by atoms with Crippen LogP contribution in [0, 0.1) is 0 Å². The Morgan fingerprint density at radius 1 is 0.412 bits per heavy atom. The largest absolute Gasteiger partial charge is 0.309 e. The Bertz CT molecular complexity index is 2780. The van der Waals surface area contributed by atoms with Crippen LogP contribution in [0.25, 0.3) is 69.9 Å². The van der Waals surface area contributed by atoms with Crippen molar-refractivity contribution in [2.45, 2.75) is 0 Å². The van der Waals surface area contributed by atoms with Crippen LogP contribution in [0.15, 0.2) is 188 Å². The van der Waals surface area contributed by atoms with Crippen molar-refractivity contribution >= 4 is 70.5 Å². The summed E-state index contributed by atoms with van der Waals surface area (Å²) in [4.78, 5) is 6.97. The summed E-state index contributed by atoms with van der Waals surface area (Å²) in [5.74, 6) is 0.875. The van der Waals surface area contributed by atoms with Gasteiger partial charge in [-0.2, -0.15) is 0 Å². The van der Waals surface area contributed by atoms with Crippen molar-refractivity contribution in [2.24, 2.45) is 0 Å². The standard InChI is InChI=1S/C47H31N3S/c1-4-12-43-39(9-1)40-10-2-5-13-44(40)50(43)38-27-18-33(19-28-38)32-16-23-36(24-17-32)49(47-15-7-8-30-48-47)37-25-20-34(21-26-37)35-22-29-42-41-11-3-6-14-45(41)51-46(42)31-35/h1-31H. The van der Waals surface area contributed by atoms with Crippen LogP contribution in [0.4, 0.5) is 17.2 Å². The average molecular weight is 670 g/mol. The molecule has 3 nitrogen and oxygen atoms in total. The summed E-state index contributed by atoms with van der Waals surface area (Å²) in [5.41, 5.74) is 10.5. The number of rotatable bonds is 6. The minimum Gasteiger partial charge on any atom is -0.309 e. The fourth-order valence-electron chi connectivity index (χ4n) is 7.41. The van der Waals surface area contributed by atoms with Crippen molar-refractivity contribution in [3.63, 3.8) is 0 Å². The zero-order chi connectivity index (χ0) is 33.7. The predicted molar refractivity (Wildman–Crippen MR) is 217 cm³/mol. The highest BCUT2D eigenvalue weighted by molar-refractivity contribution is 7.25. The molecule has 51 heavy (non-hydrogen) atoms. The van der Waals surface area contributed by atoms with E-state index in [0.29, 0.717) is 0 Å². The smallest absolute Gasteiger partial charge is 0.137 e. The van der Waals surface area contributed by atoms with Gasteiger partial charge < -0.3 is 4.57 Å². The monoisotopic (exact) mass is 669 g/mol. The SMILES string of the molecule is c1ccc(N(c2ccc(-c3ccc(-n4c5ccccc5c5ccccc54)cc3)cc2)c2ccc(-c3ccc4c(c3)sc3ccccc34)cc2)nc1. The highest BCUT2D eigenvalue weighted by Crippen LogP contribution is 2.39. The van der Waals surface area contributed by atoms with Crippen LogP contribution in [-0.4, -0.2) is 9.55 Å². The minimum atomic E-state index is 0.875. The first-order valence-electron chi connectivity index (χ1n) is 17.2. The van der Waals surface area contributed by atoms with Crippen molar-refractivity contribution in [2.75, 3.05) is 4.90 Å². The number of nitrogens with zero attached hydrogens (tertiary/aromatic N) is 3. The maximum Gasteiger partial charge on any atom is 0.137 e. The van der Waals surface area contributed by atoms with Crippen molar-refractivity contribution in [3.8, 4) is 27.9 Å². The Balaban J connectivity index is 0.961. The molecule has 0 aliphatic rings. The van der Waals surface area contributed by atoms with Crippen LogP contribution in [0.3, 0.4) is 0 Å². The van der Waals surface area contributed by atoms with Crippen molar-refractivity contribution in [1.29, 1.82) is 0 Å². The lowest BCUT2D eigenvalue weighted by molar-refractivity contribution is 1.18. The van der Waals surface area contributed by atoms with Crippen LogP contribution < -0.4 is 4.90 Å². The molecule has 0 saturated heterocycles. The Kier molecular flexibility index (Phi) is 7.00. The molecule has 0 atom stereocenters. The molecule has 3 aromatic heterocycles. The summed E-state index contributed by atoms with van der Waals surface area (Å²) in [6.45, 7) is 0. The summed E-state index contributed by atoms with van der Waals surface area (Å²) in [7, 11) is 0. The van der Waals surface area contributed by atoms with Crippen LogP contribution in [0.5, 0.6) is 0 Å². The third-order valence-electron chi connectivity index (χ3n) is 9.88. The zero-order valence-corrected chi connectivity index (χ0v) is 28.5. The molecule has 4 heteroatoms. The molecule has 0 aliphatic carbocycles. The molecule has 0 N–H and O–H groups in total. The number of aromatic nitrogens is 2. The van der Waals surface area contributed by atoms with Gasteiger partial charge in [-0.3, -0.25) is 4.90 Å². The van der Waals surface area contributed by atoms with E-state index < -0.39 is 0 Å². The molecule has 0 radical (unpaired) electrons. The number of hydrogen-bond acceptors (Lipinski definition) is 3. The summed E-state index contributed by atoms with van der Waals surface area (Å²) >= 11 is 1.86. The second kappa shape index (κ2) is 12.1. The van der Waals surface area contributed by atoms with Crippen molar-refractivity contribution < 1.29 is 0 Å². The maximum absolute atomic E-state index is 4.75. The molecule has 0 bridgehead atoms. The van der Waals surface area contributed by atoms with Gasteiger partial charge >= 0.3 is 0 Å². The van der Waals surface area contributed by atoms with Gasteiger partial charge in [0.1, 0.15) is 5.82 Å². The molecule has 7 aromatic carbocycles. The second-order valence-corrected chi connectivity index (χ2v) is 13.9. The van der Waals surface area contributed by atoms with Gasteiger partial charge in [0.05, 0.1) is 11.0 Å². The lowest BCUT2D eigenvalue weighted by atomic mass is 10.0. The highest BCUT2D eigenvalue weighted by Gasteiger charge is 2.15. The van der Waals surface area contributed by atoms with Crippen LogP contribution in [0.2, 0.25) is 0 Å². The molecule has 0 spiro atoms. The van der Waals surface area contributed by atoms with Crippen molar-refractivity contribution in [3.05, 3.63) is 188 Å². The van der Waals surface area contributed by atoms with E-state index in [1.807, 2.05) is 29.7 Å². The first-order chi connectivity index (χ1) is 25.3. The number of pyridine rings is 1. The first kappa shape index (κ1) is 29.4. The molecule has 240 valence electrons. The molecule has 10 aromatic rings. The number of benzene rings is 7.